The first-order valence-corrected chi connectivity index (χ1v) is 6.28. The maximum Gasteiger partial charge on any atom is 0.241 e. The van der Waals surface area contributed by atoms with Crippen molar-refractivity contribution in [2.24, 2.45) is 0 Å². The smallest absolute Gasteiger partial charge is 0.241 e. The van der Waals surface area contributed by atoms with E-state index < -0.39 is 0 Å². The van der Waals surface area contributed by atoms with Crippen LogP contribution in [0.2, 0.25) is 0 Å². The topological polar surface area (TPSA) is 52.7 Å². The fourth-order valence-electron chi connectivity index (χ4n) is 2.19. The summed E-state index contributed by atoms with van der Waals surface area (Å²) in [4.78, 5) is 27.0. The molecule has 0 fully saturated rings. The first-order valence-electron chi connectivity index (χ1n) is 6.28. The summed E-state index contributed by atoms with van der Waals surface area (Å²) in [6.45, 7) is 0.711. The van der Waals surface area contributed by atoms with Crippen LogP contribution in [0.4, 0.5) is 5.69 Å². The zero-order chi connectivity index (χ0) is 14.0. The number of likely N-dealkylation sites (N-methyl/N-ethyl adjacent to an activating group) is 2. The van der Waals surface area contributed by atoms with E-state index in [2.05, 4.69) is 5.32 Å². The molecule has 5 nitrogen and oxygen atoms in total. The summed E-state index contributed by atoms with van der Waals surface area (Å²) >= 11 is 0. The van der Waals surface area contributed by atoms with Gasteiger partial charge in [0, 0.05) is 33.4 Å². The van der Waals surface area contributed by atoms with Gasteiger partial charge in [-0.05, 0) is 11.6 Å². The lowest BCUT2D eigenvalue weighted by Gasteiger charge is -2.22. The summed E-state index contributed by atoms with van der Waals surface area (Å²) in [5.74, 6) is -0.293. The number of anilines is 1. The second-order valence-electron chi connectivity index (χ2n) is 5.00. The van der Waals surface area contributed by atoms with Crippen molar-refractivity contribution in [2.75, 3.05) is 39.5 Å². The third kappa shape index (κ3) is 2.70. The Morgan fingerprint density at radius 1 is 1.26 bits per heavy atom. The molecule has 19 heavy (non-hydrogen) atoms. The van der Waals surface area contributed by atoms with Crippen LogP contribution in [0, 0.1) is 0 Å². The van der Waals surface area contributed by atoms with Gasteiger partial charge in [0.05, 0.1) is 12.5 Å². The van der Waals surface area contributed by atoms with Gasteiger partial charge in [-0.3, -0.25) is 9.59 Å². The Morgan fingerprint density at radius 3 is 2.63 bits per heavy atom. The number of nitrogens with zero attached hydrogens (tertiary/aromatic N) is 2. The van der Waals surface area contributed by atoms with E-state index in [-0.39, 0.29) is 24.3 Å². The van der Waals surface area contributed by atoms with Crippen LogP contribution in [-0.2, 0) is 9.59 Å². The summed E-state index contributed by atoms with van der Waals surface area (Å²) in [7, 11) is 5.05. The molecule has 2 rings (SSSR count). The fourth-order valence-corrected chi connectivity index (χ4v) is 2.19. The van der Waals surface area contributed by atoms with E-state index >= 15 is 0 Å². The quantitative estimate of drug-likeness (QED) is 0.873. The van der Waals surface area contributed by atoms with Crippen LogP contribution in [0.25, 0.3) is 0 Å². The summed E-state index contributed by atoms with van der Waals surface area (Å²) in [5, 5.41) is 3.22. The van der Waals surface area contributed by atoms with Crippen molar-refractivity contribution in [2.45, 2.75) is 5.92 Å². The van der Waals surface area contributed by atoms with Crippen LogP contribution < -0.4 is 5.32 Å². The first kappa shape index (κ1) is 13.4. The molecule has 1 aliphatic rings. The normalized spacial score (nSPS) is 16.5. The monoisotopic (exact) mass is 261 g/mol. The minimum absolute atomic E-state index is 0.0207. The fraction of sp³-hybridized carbons (Fsp3) is 0.429. The molecule has 102 valence electrons. The largest absolute Gasteiger partial charge is 0.384 e. The third-order valence-electron chi connectivity index (χ3n) is 3.38. The van der Waals surface area contributed by atoms with E-state index in [9.17, 15) is 9.59 Å². The minimum atomic E-state index is -0.198. The molecule has 2 amide bonds. The number of para-hydroxylation sites is 1. The zero-order valence-corrected chi connectivity index (χ0v) is 11.5. The van der Waals surface area contributed by atoms with Crippen molar-refractivity contribution in [1.29, 1.82) is 0 Å². The van der Waals surface area contributed by atoms with Gasteiger partial charge >= 0.3 is 0 Å². The average molecular weight is 261 g/mol. The number of amides is 2. The number of carbonyl (C=O) groups is 2. The Morgan fingerprint density at radius 2 is 1.95 bits per heavy atom. The number of carbonyl (C=O) groups excluding carboxylic acids is 2. The van der Waals surface area contributed by atoms with Gasteiger partial charge in [-0.25, -0.2) is 0 Å². The highest BCUT2D eigenvalue weighted by molar-refractivity contribution is 5.91. The standard InChI is InChI=1S/C14H19N3O2/c1-16(2)13(18)9-17(3)14(19)11-8-15-12-7-5-4-6-10(11)12/h4-7,11,15H,8-9H2,1-3H3. The lowest BCUT2D eigenvalue weighted by atomic mass is 10.00. The molecular formula is C14H19N3O2. The van der Waals surface area contributed by atoms with E-state index in [0.29, 0.717) is 6.54 Å². The summed E-state index contributed by atoms with van der Waals surface area (Å²) in [6.07, 6.45) is 0. The summed E-state index contributed by atoms with van der Waals surface area (Å²) < 4.78 is 0. The highest BCUT2D eigenvalue weighted by Gasteiger charge is 2.30. The second kappa shape index (κ2) is 5.30. The van der Waals surface area contributed by atoms with Gasteiger partial charge < -0.3 is 15.1 Å². The van der Waals surface area contributed by atoms with Gasteiger partial charge in [-0.2, -0.15) is 0 Å². The third-order valence-corrected chi connectivity index (χ3v) is 3.38. The van der Waals surface area contributed by atoms with Gasteiger partial charge in [0.1, 0.15) is 0 Å². The lowest BCUT2D eigenvalue weighted by Crippen LogP contribution is -2.40. The molecule has 1 atom stereocenters. The molecule has 1 N–H and O–H groups in total. The molecule has 1 aromatic carbocycles. The van der Waals surface area contributed by atoms with Crippen molar-refractivity contribution >= 4 is 17.5 Å². The summed E-state index contributed by atoms with van der Waals surface area (Å²) in [5.41, 5.74) is 2.02. The Kier molecular flexibility index (Phi) is 3.74. The van der Waals surface area contributed by atoms with Crippen molar-refractivity contribution in [3.05, 3.63) is 29.8 Å². The van der Waals surface area contributed by atoms with Crippen molar-refractivity contribution in [1.82, 2.24) is 9.80 Å². The minimum Gasteiger partial charge on any atom is -0.384 e. The number of nitrogens with one attached hydrogen (secondary N) is 1. The first-order chi connectivity index (χ1) is 9.00. The van der Waals surface area contributed by atoms with E-state index in [1.807, 2.05) is 24.3 Å². The molecule has 1 aliphatic heterocycles. The van der Waals surface area contributed by atoms with Crippen molar-refractivity contribution < 1.29 is 9.59 Å². The molecule has 0 bridgehead atoms. The maximum atomic E-state index is 12.4. The summed E-state index contributed by atoms with van der Waals surface area (Å²) in [6, 6.07) is 7.79. The molecule has 1 unspecified atom stereocenters. The van der Waals surface area contributed by atoms with Crippen LogP contribution in [0.15, 0.2) is 24.3 Å². The number of benzene rings is 1. The van der Waals surface area contributed by atoms with Crippen LogP contribution >= 0.6 is 0 Å². The Labute approximate surface area is 113 Å². The zero-order valence-electron chi connectivity index (χ0n) is 11.5. The predicted octanol–water partition coefficient (Wildman–Crippen LogP) is 0.742. The Hall–Kier alpha value is -2.04. The average Bonchev–Trinajstić information content (AvgIpc) is 2.81. The van der Waals surface area contributed by atoms with Crippen molar-refractivity contribution in [3.63, 3.8) is 0 Å². The SMILES string of the molecule is CN(C)C(=O)CN(C)C(=O)C1CNc2ccccc21. The molecule has 0 aliphatic carbocycles. The molecule has 0 saturated carbocycles. The predicted molar refractivity (Wildman–Crippen MR) is 74.0 cm³/mol. The molecule has 0 radical (unpaired) electrons. The molecular weight excluding hydrogens is 242 g/mol. The molecule has 1 heterocycles. The van der Waals surface area contributed by atoms with Gasteiger partial charge in [0.25, 0.3) is 0 Å². The van der Waals surface area contributed by atoms with Crippen LogP contribution in [0.1, 0.15) is 11.5 Å². The van der Waals surface area contributed by atoms with Gasteiger partial charge in [-0.15, -0.1) is 0 Å². The molecule has 0 saturated heterocycles. The van der Waals surface area contributed by atoms with Crippen LogP contribution in [0.5, 0.6) is 0 Å². The van der Waals surface area contributed by atoms with Crippen LogP contribution in [0.3, 0.4) is 0 Å². The number of hydrogen-bond acceptors (Lipinski definition) is 3. The van der Waals surface area contributed by atoms with Gasteiger partial charge in [-0.1, -0.05) is 18.2 Å². The van der Waals surface area contributed by atoms with E-state index in [0.717, 1.165) is 11.3 Å². The van der Waals surface area contributed by atoms with Gasteiger partial charge in [0.15, 0.2) is 0 Å². The van der Waals surface area contributed by atoms with Crippen molar-refractivity contribution in [3.8, 4) is 0 Å². The van der Waals surface area contributed by atoms with E-state index in [1.165, 1.54) is 9.80 Å². The van der Waals surface area contributed by atoms with E-state index in [1.54, 1.807) is 21.1 Å². The van der Waals surface area contributed by atoms with E-state index in [4.69, 9.17) is 0 Å². The highest BCUT2D eigenvalue weighted by Crippen LogP contribution is 2.31. The number of hydrogen-bond donors (Lipinski definition) is 1. The Balaban J connectivity index is 2.07. The molecule has 0 spiro atoms. The maximum absolute atomic E-state index is 12.4. The molecule has 0 aromatic heterocycles. The molecule has 5 heteroatoms. The second-order valence-corrected chi connectivity index (χ2v) is 5.00. The highest BCUT2D eigenvalue weighted by atomic mass is 16.2. The Bertz CT molecular complexity index is 499. The van der Waals surface area contributed by atoms with Crippen LogP contribution in [-0.4, -0.2) is 55.8 Å². The number of rotatable bonds is 3. The lowest BCUT2D eigenvalue weighted by molar-refractivity contribution is -0.138. The molecule has 1 aromatic rings. The number of fused-ring (bicyclic) bond motifs is 1. The van der Waals surface area contributed by atoms with Gasteiger partial charge in [0.2, 0.25) is 11.8 Å².